The molecule has 40 heavy (non-hydrogen) atoms. The fraction of sp³-hybridized carbons (Fsp3) is 0.212. The lowest BCUT2D eigenvalue weighted by Crippen LogP contribution is -2.48. The lowest BCUT2D eigenvalue weighted by molar-refractivity contribution is -0.118. The maximum Gasteiger partial charge on any atom is 0.180 e. The van der Waals surface area contributed by atoms with Crippen LogP contribution in [0.2, 0.25) is 0 Å². The summed E-state index contributed by atoms with van der Waals surface area (Å²) < 4.78 is 11.5. The summed E-state index contributed by atoms with van der Waals surface area (Å²) in [4.78, 5) is 49.9. The Bertz CT molecular complexity index is 1760. The standard InChI is InChI=1S/C33H26N2O5/c1-18(36)28-26(23-11-6-12-24(39-2)30(23)40-3)33(31(37)21-9-4-5-10-22(21)32(33)38)25-16-15-20-14-13-19-8-7-17-34-27(19)29(20)35(25)28/h4-17,25-26,28H,1-3H3. The molecule has 4 aromatic rings. The molecule has 198 valence electrons. The van der Waals surface area contributed by atoms with Crippen molar-refractivity contribution in [2.45, 2.75) is 24.9 Å². The molecular weight excluding hydrogens is 504 g/mol. The summed E-state index contributed by atoms with van der Waals surface area (Å²) in [7, 11) is 3.06. The minimum Gasteiger partial charge on any atom is -0.493 e. The third-order valence-electron chi connectivity index (χ3n) is 8.72. The highest BCUT2D eigenvalue weighted by Gasteiger charge is 2.71. The van der Waals surface area contributed by atoms with Crippen LogP contribution in [-0.4, -0.2) is 48.6 Å². The van der Waals surface area contributed by atoms with Crippen molar-refractivity contribution in [3.8, 4) is 11.5 Å². The summed E-state index contributed by atoms with van der Waals surface area (Å²) in [6, 6.07) is 18.6. The summed E-state index contributed by atoms with van der Waals surface area (Å²) in [5, 5.41) is 0.904. The van der Waals surface area contributed by atoms with Gasteiger partial charge in [-0.1, -0.05) is 66.7 Å². The largest absolute Gasteiger partial charge is 0.493 e. The Labute approximate surface area is 231 Å². The number of benzene rings is 3. The summed E-state index contributed by atoms with van der Waals surface area (Å²) >= 11 is 0. The number of methoxy groups -OCH3 is 2. The number of hydrogen-bond acceptors (Lipinski definition) is 7. The van der Waals surface area contributed by atoms with Gasteiger partial charge in [0.25, 0.3) is 0 Å². The Kier molecular flexibility index (Phi) is 5.23. The molecule has 3 aromatic carbocycles. The van der Waals surface area contributed by atoms with Crippen LogP contribution in [0.5, 0.6) is 11.5 Å². The van der Waals surface area contributed by atoms with Gasteiger partial charge in [0, 0.05) is 34.2 Å². The first-order chi connectivity index (χ1) is 19.4. The Morgan fingerprint density at radius 3 is 2.33 bits per heavy atom. The van der Waals surface area contributed by atoms with Crippen LogP contribution in [0.15, 0.2) is 79.0 Å². The monoisotopic (exact) mass is 530 g/mol. The number of ketones is 3. The summed E-state index contributed by atoms with van der Waals surface area (Å²) in [6.45, 7) is 1.52. The van der Waals surface area contributed by atoms with E-state index < -0.39 is 23.4 Å². The van der Waals surface area contributed by atoms with Crippen molar-refractivity contribution >= 4 is 40.0 Å². The average molecular weight is 531 g/mol. The van der Waals surface area contributed by atoms with Crippen molar-refractivity contribution in [2.75, 3.05) is 19.1 Å². The molecule has 3 aliphatic rings. The molecule has 3 unspecified atom stereocenters. The van der Waals surface area contributed by atoms with Crippen LogP contribution in [0, 0.1) is 5.41 Å². The number of anilines is 1. The SMILES string of the molecule is COc1cccc(C2C(C(C)=O)N3c4c(ccc5cccnc45)C=CC3C23C(=O)c2ccccc2C3=O)c1OC. The van der Waals surface area contributed by atoms with Crippen molar-refractivity contribution in [1.82, 2.24) is 4.98 Å². The summed E-state index contributed by atoms with van der Waals surface area (Å²) in [6.07, 6.45) is 5.56. The van der Waals surface area contributed by atoms with E-state index in [1.165, 1.54) is 21.1 Å². The van der Waals surface area contributed by atoms with E-state index in [0.29, 0.717) is 33.7 Å². The third kappa shape index (κ3) is 2.89. The topological polar surface area (TPSA) is 85.8 Å². The smallest absolute Gasteiger partial charge is 0.180 e. The highest BCUT2D eigenvalue weighted by Crippen LogP contribution is 2.62. The minimum absolute atomic E-state index is 0.164. The zero-order valence-corrected chi connectivity index (χ0v) is 22.3. The number of para-hydroxylation sites is 1. The number of hydrogen-bond donors (Lipinski definition) is 0. The van der Waals surface area contributed by atoms with Crippen molar-refractivity contribution in [2.24, 2.45) is 5.41 Å². The van der Waals surface area contributed by atoms with Gasteiger partial charge < -0.3 is 14.4 Å². The number of carbonyl (C=O) groups excluding carboxylic acids is 3. The van der Waals surface area contributed by atoms with E-state index >= 15 is 0 Å². The van der Waals surface area contributed by atoms with Crippen molar-refractivity contribution in [1.29, 1.82) is 0 Å². The van der Waals surface area contributed by atoms with E-state index in [1.807, 2.05) is 47.4 Å². The number of aromatic nitrogens is 1. The molecule has 1 spiro atoms. The van der Waals surface area contributed by atoms with Gasteiger partial charge in [0.15, 0.2) is 28.8 Å². The molecule has 7 nitrogen and oxygen atoms in total. The Balaban J connectivity index is 1.60. The fourth-order valence-electron chi connectivity index (χ4n) is 7.24. The molecule has 7 heteroatoms. The first-order valence-electron chi connectivity index (χ1n) is 13.2. The summed E-state index contributed by atoms with van der Waals surface area (Å²) in [5.74, 6) is -0.742. The van der Waals surface area contributed by atoms with E-state index in [9.17, 15) is 14.4 Å². The summed E-state index contributed by atoms with van der Waals surface area (Å²) in [5.41, 5.74) is 2.05. The Hall–Kier alpha value is -4.78. The Morgan fingerprint density at radius 1 is 0.900 bits per heavy atom. The van der Waals surface area contributed by atoms with Crippen molar-refractivity contribution in [3.63, 3.8) is 0 Å². The van der Waals surface area contributed by atoms with Gasteiger partial charge in [0.05, 0.1) is 37.5 Å². The first-order valence-corrected chi connectivity index (χ1v) is 13.2. The second-order valence-corrected chi connectivity index (χ2v) is 10.5. The van der Waals surface area contributed by atoms with Crippen LogP contribution in [0.25, 0.3) is 17.0 Å². The van der Waals surface area contributed by atoms with E-state index in [1.54, 1.807) is 42.6 Å². The molecule has 0 saturated carbocycles. The molecule has 1 fully saturated rings. The molecule has 1 saturated heterocycles. The highest BCUT2D eigenvalue weighted by atomic mass is 16.5. The zero-order chi connectivity index (χ0) is 27.8. The molecule has 0 amide bonds. The lowest BCUT2D eigenvalue weighted by atomic mass is 9.64. The van der Waals surface area contributed by atoms with E-state index in [-0.39, 0.29) is 17.3 Å². The second kappa shape index (κ2) is 8.61. The normalized spacial score (nSPS) is 21.9. The molecule has 1 aliphatic carbocycles. The molecule has 0 bridgehead atoms. The van der Waals surface area contributed by atoms with Crippen molar-refractivity contribution in [3.05, 3.63) is 101 Å². The lowest BCUT2D eigenvalue weighted by Gasteiger charge is -2.37. The molecule has 0 radical (unpaired) electrons. The predicted octanol–water partition coefficient (Wildman–Crippen LogP) is 5.27. The predicted molar refractivity (Wildman–Crippen MR) is 151 cm³/mol. The molecule has 7 rings (SSSR count). The minimum atomic E-state index is -1.61. The van der Waals surface area contributed by atoms with Gasteiger partial charge >= 0.3 is 0 Å². The maximum absolute atomic E-state index is 14.7. The highest BCUT2D eigenvalue weighted by molar-refractivity contribution is 6.32. The molecule has 3 heterocycles. The van der Waals surface area contributed by atoms with E-state index in [4.69, 9.17) is 14.5 Å². The average Bonchev–Trinajstić information content (AvgIpc) is 3.42. The number of pyridine rings is 1. The van der Waals surface area contributed by atoms with Crippen LogP contribution in [0.4, 0.5) is 5.69 Å². The molecule has 1 aromatic heterocycles. The van der Waals surface area contributed by atoms with Gasteiger partial charge in [0.1, 0.15) is 5.41 Å². The number of Topliss-reactive ketones (excluding diaryl/α,β-unsaturated/α-hetero) is 3. The van der Waals surface area contributed by atoms with Gasteiger partial charge in [-0.25, -0.2) is 0 Å². The third-order valence-corrected chi connectivity index (χ3v) is 8.72. The molecular formula is C33H26N2O5. The fourth-order valence-corrected chi connectivity index (χ4v) is 7.24. The first kappa shape index (κ1) is 24.3. The van der Waals surface area contributed by atoms with Crippen LogP contribution in [0.3, 0.4) is 0 Å². The number of nitrogens with zero attached hydrogens (tertiary/aromatic N) is 2. The van der Waals surface area contributed by atoms with Gasteiger partial charge in [-0.3, -0.25) is 19.4 Å². The van der Waals surface area contributed by atoms with Crippen LogP contribution >= 0.6 is 0 Å². The number of carbonyl (C=O) groups is 3. The van der Waals surface area contributed by atoms with Crippen LogP contribution < -0.4 is 14.4 Å². The molecule has 3 atom stereocenters. The zero-order valence-electron chi connectivity index (χ0n) is 22.3. The Morgan fingerprint density at radius 2 is 1.65 bits per heavy atom. The van der Waals surface area contributed by atoms with E-state index in [2.05, 4.69) is 0 Å². The van der Waals surface area contributed by atoms with Gasteiger partial charge in [-0.15, -0.1) is 0 Å². The van der Waals surface area contributed by atoms with Crippen LogP contribution in [0.1, 0.15) is 44.7 Å². The quantitative estimate of drug-likeness (QED) is 0.332. The number of ether oxygens (including phenoxy) is 2. The number of fused-ring (bicyclic) bond motifs is 7. The molecule has 2 aliphatic heterocycles. The molecule has 0 N–H and O–H groups in total. The van der Waals surface area contributed by atoms with Gasteiger partial charge in [-0.05, 0) is 24.6 Å². The van der Waals surface area contributed by atoms with Crippen molar-refractivity contribution < 1.29 is 23.9 Å². The second-order valence-electron chi connectivity index (χ2n) is 10.5. The maximum atomic E-state index is 14.7. The number of rotatable bonds is 4. The van der Waals surface area contributed by atoms with Gasteiger partial charge in [0.2, 0.25) is 0 Å². The van der Waals surface area contributed by atoms with Gasteiger partial charge in [-0.2, -0.15) is 0 Å². The van der Waals surface area contributed by atoms with Crippen LogP contribution in [-0.2, 0) is 4.79 Å². The van der Waals surface area contributed by atoms with E-state index in [0.717, 1.165) is 16.6 Å².